The van der Waals surface area contributed by atoms with Crippen molar-refractivity contribution in [3.8, 4) is 0 Å². The highest BCUT2D eigenvalue weighted by atomic mass is 19.3. The molecule has 2 aliphatic rings. The lowest BCUT2D eigenvalue weighted by Gasteiger charge is -2.16. The predicted molar refractivity (Wildman–Crippen MR) is 56.8 cm³/mol. The van der Waals surface area contributed by atoms with Crippen molar-refractivity contribution in [1.82, 2.24) is 9.78 Å². The minimum Gasteiger partial charge on any atom is -0.262 e. The fourth-order valence-corrected chi connectivity index (χ4v) is 2.94. The van der Waals surface area contributed by atoms with Crippen molar-refractivity contribution >= 4 is 0 Å². The molecular weight excluding hydrogens is 248 g/mol. The average molecular weight is 262 g/mol. The molecule has 6 heteroatoms. The van der Waals surface area contributed by atoms with Crippen LogP contribution in [0.3, 0.4) is 0 Å². The second kappa shape index (κ2) is 3.48. The Labute approximate surface area is 102 Å². The maximum atomic E-state index is 14.1. The van der Waals surface area contributed by atoms with Crippen LogP contribution in [0.1, 0.15) is 49.6 Å². The summed E-state index contributed by atoms with van der Waals surface area (Å²) in [5.74, 6) is -4.08. The lowest BCUT2D eigenvalue weighted by molar-refractivity contribution is -0.0315. The molecule has 2 nitrogen and oxygen atoms in total. The van der Waals surface area contributed by atoms with Crippen LogP contribution in [0, 0.1) is 11.8 Å². The van der Waals surface area contributed by atoms with Gasteiger partial charge in [0.05, 0.1) is 0 Å². The SMILES string of the molecule is CC(C)Cn1nc(C(F)F)c2c1C(F)(F)[C@H]1C[C@@H]21. The number of rotatable bonds is 3. The molecule has 3 rings (SSSR count). The summed E-state index contributed by atoms with van der Waals surface area (Å²) >= 11 is 0. The summed E-state index contributed by atoms with van der Waals surface area (Å²) in [6, 6.07) is 0. The van der Waals surface area contributed by atoms with Crippen LogP contribution in [0.2, 0.25) is 0 Å². The third-order valence-corrected chi connectivity index (χ3v) is 3.71. The summed E-state index contributed by atoms with van der Waals surface area (Å²) in [4.78, 5) is 0. The van der Waals surface area contributed by atoms with Crippen molar-refractivity contribution in [2.45, 2.75) is 45.1 Å². The first-order valence-corrected chi connectivity index (χ1v) is 6.11. The summed E-state index contributed by atoms with van der Waals surface area (Å²) in [7, 11) is 0. The Hall–Kier alpha value is -1.07. The Morgan fingerprint density at radius 1 is 1.39 bits per heavy atom. The Balaban J connectivity index is 2.13. The Morgan fingerprint density at radius 2 is 2.06 bits per heavy atom. The van der Waals surface area contributed by atoms with Gasteiger partial charge in [0.2, 0.25) is 0 Å². The third-order valence-electron chi connectivity index (χ3n) is 3.71. The highest BCUT2D eigenvalue weighted by molar-refractivity contribution is 5.46. The van der Waals surface area contributed by atoms with Crippen LogP contribution in [0.25, 0.3) is 0 Å². The van der Waals surface area contributed by atoms with Crippen molar-refractivity contribution in [3.05, 3.63) is 17.0 Å². The minimum atomic E-state index is -2.99. The first kappa shape index (κ1) is 12.0. The summed E-state index contributed by atoms with van der Waals surface area (Å²) in [5.41, 5.74) is -0.566. The molecule has 0 aromatic carbocycles. The van der Waals surface area contributed by atoms with E-state index in [2.05, 4.69) is 5.10 Å². The molecule has 18 heavy (non-hydrogen) atoms. The third kappa shape index (κ3) is 1.44. The van der Waals surface area contributed by atoms with Gasteiger partial charge in [-0.25, -0.2) is 8.78 Å². The van der Waals surface area contributed by atoms with Crippen LogP contribution < -0.4 is 0 Å². The molecule has 2 atom stereocenters. The molecule has 1 saturated carbocycles. The van der Waals surface area contributed by atoms with Crippen LogP contribution in [0.4, 0.5) is 17.6 Å². The second-order valence-electron chi connectivity index (χ2n) is 5.60. The fraction of sp³-hybridized carbons (Fsp3) is 0.750. The van der Waals surface area contributed by atoms with Gasteiger partial charge in [-0.15, -0.1) is 0 Å². The fourth-order valence-electron chi connectivity index (χ4n) is 2.94. The molecule has 0 unspecified atom stereocenters. The van der Waals surface area contributed by atoms with E-state index in [9.17, 15) is 17.6 Å². The highest BCUT2D eigenvalue weighted by Crippen LogP contribution is 2.68. The lowest BCUT2D eigenvalue weighted by Crippen LogP contribution is -2.21. The molecule has 0 aliphatic heterocycles. The van der Waals surface area contributed by atoms with Gasteiger partial charge in [0, 0.05) is 18.0 Å². The molecule has 1 fully saturated rings. The van der Waals surface area contributed by atoms with Crippen molar-refractivity contribution in [3.63, 3.8) is 0 Å². The van der Waals surface area contributed by atoms with Crippen LogP contribution in [0.5, 0.6) is 0 Å². The zero-order valence-corrected chi connectivity index (χ0v) is 10.1. The maximum absolute atomic E-state index is 14.1. The normalized spacial score (nSPS) is 27.8. The van der Waals surface area contributed by atoms with Gasteiger partial charge in [0.1, 0.15) is 11.4 Å². The number of nitrogens with zero attached hydrogens (tertiary/aromatic N) is 2. The number of hydrogen-bond acceptors (Lipinski definition) is 1. The van der Waals surface area contributed by atoms with Crippen molar-refractivity contribution in [2.24, 2.45) is 11.8 Å². The molecule has 2 aliphatic carbocycles. The number of halogens is 4. The Morgan fingerprint density at radius 3 is 2.61 bits per heavy atom. The largest absolute Gasteiger partial charge is 0.293 e. The van der Waals surface area contributed by atoms with E-state index < -0.39 is 29.9 Å². The van der Waals surface area contributed by atoms with E-state index in [1.165, 1.54) is 0 Å². The second-order valence-corrected chi connectivity index (χ2v) is 5.60. The van der Waals surface area contributed by atoms with Gasteiger partial charge < -0.3 is 0 Å². The van der Waals surface area contributed by atoms with E-state index in [1.54, 1.807) is 0 Å². The van der Waals surface area contributed by atoms with Crippen molar-refractivity contribution in [1.29, 1.82) is 0 Å². The highest BCUT2D eigenvalue weighted by Gasteiger charge is 2.67. The zero-order valence-electron chi connectivity index (χ0n) is 10.1. The number of hydrogen-bond donors (Lipinski definition) is 0. The van der Waals surface area contributed by atoms with Crippen LogP contribution in [0.15, 0.2) is 0 Å². The number of aromatic nitrogens is 2. The molecule has 0 N–H and O–H groups in total. The van der Waals surface area contributed by atoms with E-state index >= 15 is 0 Å². The molecule has 100 valence electrons. The molecular formula is C12H14F4N2. The smallest absolute Gasteiger partial charge is 0.262 e. The van der Waals surface area contributed by atoms with Gasteiger partial charge in [-0.2, -0.15) is 13.9 Å². The first-order chi connectivity index (χ1) is 8.34. The molecule has 0 bridgehead atoms. The van der Waals surface area contributed by atoms with Gasteiger partial charge in [0.15, 0.2) is 0 Å². The lowest BCUT2D eigenvalue weighted by atomic mass is 10.1. The van der Waals surface area contributed by atoms with E-state index in [1.807, 2.05) is 13.8 Å². The van der Waals surface area contributed by atoms with Gasteiger partial charge in [0.25, 0.3) is 12.3 Å². The van der Waals surface area contributed by atoms with Crippen molar-refractivity contribution < 1.29 is 17.6 Å². The minimum absolute atomic E-state index is 0.0900. The number of alkyl halides is 4. The monoisotopic (exact) mass is 262 g/mol. The van der Waals surface area contributed by atoms with Gasteiger partial charge in [-0.1, -0.05) is 13.8 Å². The summed E-state index contributed by atoms with van der Waals surface area (Å²) in [5, 5.41) is 3.73. The molecule has 0 radical (unpaired) electrons. The Bertz CT molecular complexity index is 493. The van der Waals surface area contributed by atoms with Gasteiger partial charge in [-0.3, -0.25) is 4.68 Å². The summed E-state index contributed by atoms with van der Waals surface area (Å²) < 4.78 is 55.0. The van der Waals surface area contributed by atoms with E-state index in [0.29, 0.717) is 6.42 Å². The predicted octanol–water partition coefficient (Wildman–Crippen LogP) is 3.69. The number of fused-ring (bicyclic) bond motifs is 3. The zero-order chi connectivity index (χ0) is 13.2. The summed E-state index contributed by atoms with van der Waals surface area (Å²) in [6.07, 6.45) is -2.46. The Kier molecular flexibility index (Phi) is 2.32. The van der Waals surface area contributed by atoms with Crippen LogP contribution in [-0.4, -0.2) is 9.78 Å². The van der Waals surface area contributed by atoms with Crippen LogP contribution >= 0.6 is 0 Å². The quantitative estimate of drug-likeness (QED) is 0.760. The topological polar surface area (TPSA) is 17.8 Å². The summed E-state index contributed by atoms with van der Waals surface area (Å²) in [6.45, 7) is 3.96. The van der Waals surface area contributed by atoms with Gasteiger partial charge in [-0.05, 0) is 18.3 Å². The van der Waals surface area contributed by atoms with E-state index in [0.717, 1.165) is 4.68 Å². The molecule has 0 saturated heterocycles. The molecule has 1 aromatic heterocycles. The molecule has 0 amide bonds. The maximum Gasteiger partial charge on any atom is 0.293 e. The molecule has 1 aromatic rings. The first-order valence-electron chi connectivity index (χ1n) is 6.11. The van der Waals surface area contributed by atoms with E-state index in [-0.39, 0.29) is 23.7 Å². The standard InChI is InChI=1S/C12H14F4N2/c1-5(2)4-18-10-8(9(17-18)11(13)14)6-3-7(6)12(10,15)16/h5-7,11H,3-4H2,1-2H3/t6-,7+/m1/s1. The average Bonchev–Trinajstić information content (AvgIpc) is 2.88. The van der Waals surface area contributed by atoms with Crippen molar-refractivity contribution in [2.75, 3.05) is 0 Å². The molecule has 0 spiro atoms. The molecule has 1 heterocycles. The van der Waals surface area contributed by atoms with Crippen LogP contribution in [-0.2, 0) is 12.5 Å². The van der Waals surface area contributed by atoms with E-state index in [4.69, 9.17) is 0 Å². The van der Waals surface area contributed by atoms with Gasteiger partial charge >= 0.3 is 0 Å².